The normalized spacial score (nSPS) is 10.1. The SMILES string of the molecule is CCCc1ccc(OCCNC(=O)CCCl)cc1. The van der Waals surface area contributed by atoms with E-state index in [2.05, 4.69) is 24.4 Å². The molecule has 1 N–H and O–H groups in total. The van der Waals surface area contributed by atoms with Crippen LogP contribution in [-0.4, -0.2) is 24.9 Å². The van der Waals surface area contributed by atoms with Crippen molar-refractivity contribution in [3.63, 3.8) is 0 Å². The summed E-state index contributed by atoms with van der Waals surface area (Å²) in [5.41, 5.74) is 1.32. The van der Waals surface area contributed by atoms with Gasteiger partial charge in [0.05, 0.1) is 6.54 Å². The summed E-state index contributed by atoms with van der Waals surface area (Å²) in [6.45, 7) is 3.14. The summed E-state index contributed by atoms with van der Waals surface area (Å²) in [7, 11) is 0. The topological polar surface area (TPSA) is 38.3 Å². The van der Waals surface area contributed by atoms with E-state index in [0.717, 1.165) is 18.6 Å². The number of hydrogen-bond donors (Lipinski definition) is 1. The van der Waals surface area contributed by atoms with Crippen LogP contribution in [-0.2, 0) is 11.2 Å². The zero-order valence-corrected chi connectivity index (χ0v) is 11.5. The van der Waals surface area contributed by atoms with Crippen molar-refractivity contribution < 1.29 is 9.53 Å². The summed E-state index contributed by atoms with van der Waals surface area (Å²) >= 11 is 5.45. The summed E-state index contributed by atoms with van der Waals surface area (Å²) in [6, 6.07) is 8.08. The van der Waals surface area contributed by atoms with Gasteiger partial charge in [-0.05, 0) is 24.1 Å². The zero-order valence-electron chi connectivity index (χ0n) is 10.7. The number of ether oxygens (including phenoxy) is 1. The Morgan fingerprint density at radius 3 is 2.67 bits per heavy atom. The fourth-order valence-corrected chi connectivity index (χ4v) is 1.75. The number of carbonyl (C=O) groups is 1. The van der Waals surface area contributed by atoms with E-state index in [1.165, 1.54) is 5.56 Å². The minimum Gasteiger partial charge on any atom is -0.492 e. The van der Waals surface area contributed by atoms with Crippen LogP contribution in [0.25, 0.3) is 0 Å². The lowest BCUT2D eigenvalue weighted by molar-refractivity contribution is -0.120. The van der Waals surface area contributed by atoms with Gasteiger partial charge in [0.2, 0.25) is 5.91 Å². The maximum Gasteiger partial charge on any atom is 0.221 e. The molecule has 4 heteroatoms. The molecule has 0 aliphatic heterocycles. The highest BCUT2D eigenvalue weighted by Gasteiger charge is 1.99. The van der Waals surface area contributed by atoms with Crippen LogP contribution < -0.4 is 10.1 Å². The minimum atomic E-state index is -0.0353. The first kappa shape index (κ1) is 14.8. The number of alkyl halides is 1. The van der Waals surface area contributed by atoms with Crippen molar-refractivity contribution in [3.05, 3.63) is 29.8 Å². The Balaban J connectivity index is 2.21. The molecule has 0 heterocycles. The number of halogens is 1. The highest BCUT2D eigenvalue weighted by molar-refractivity contribution is 6.18. The standard InChI is InChI=1S/C14H20ClNO2/c1-2-3-12-4-6-13(7-5-12)18-11-10-16-14(17)8-9-15/h4-7H,2-3,8-11H2,1H3,(H,16,17). The highest BCUT2D eigenvalue weighted by atomic mass is 35.5. The summed E-state index contributed by atoms with van der Waals surface area (Å²) in [5, 5.41) is 2.74. The first-order chi connectivity index (χ1) is 8.76. The van der Waals surface area contributed by atoms with Gasteiger partial charge in [0, 0.05) is 12.3 Å². The van der Waals surface area contributed by atoms with Crippen LogP contribution in [0, 0.1) is 0 Å². The molecule has 0 fully saturated rings. The molecule has 0 radical (unpaired) electrons. The molecule has 100 valence electrons. The number of carbonyl (C=O) groups excluding carboxylic acids is 1. The van der Waals surface area contributed by atoms with E-state index in [1.807, 2.05) is 12.1 Å². The first-order valence-corrected chi connectivity index (χ1v) is 6.84. The van der Waals surface area contributed by atoms with Crippen molar-refractivity contribution in [2.45, 2.75) is 26.2 Å². The quantitative estimate of drug-likeness (QED) is 0.582. The zero-order chi connectivity index (χ0) is 13.2. The smallest absolute Gasteiger partial charge is 0.221 e. The van der Waals surface area contributed by atoms with Crippen molar-refractivity contribution >= 4 is 17.5 Å². The fraction of sp³-hybridized carbons (Fsp3) is 0.500. The van der Waals surface area contributed by atoms with Crippen LogP contribution >= 0.6 is 11.6 Å². The predicted molar refractivity (Wildman–Crippen MR) is 74.3 cm³/mol. The summed E-state index contributed by atoms with van der Waals surface area (Å²) in [4.78, 5) is 11.1. The van der Waals surface area contributed by atoms with Crippen LogP contribution in [0.1, 0.15) is 25.3 Å². The van der Waals surface area contributed by atoms with Crippen molar-refractivity contribution in [1.29, 1.82) is 0 Å². The molecule has 0 unspecified atom stereocenters. The molecule has 0 atom stereocenters. The van der Waals surface area contributed by atoms with Gasteiger partial charge < -0.3 is 10.1 Å². The molecule has 0 saturated heterocycles. The van der Waals surface area contributed by atoms with Gasteiger partial charge in [0.15, 0.2) is 0 Å². The van der Waals surface area contributed by atoms with E-state index >= 15 is 0 Å². The Bertz CT molecular complexity index is 351. The molecular weight excluding hydrogens is 250 g/mol. The Morgan fingerprint density at radius 1 is 1.33 bits per heavy atom. The van der Waals surface area contributed by atoms with Gasteiger partial charge >= 0.3 is 0 Å². The maximum absolute atomic E-state index is 11.1. The largest absolute Gasteiger partial charge is 0.492 e. The lowest BCUT2D eigenvalue weighted by Gasteiger charge is -2.08. The van der Waals surface area contributed by atoms with Crippen LogP contribution in [0.5, 0.6) is 5.75 Å². The monoisotopic (exact) mass is 269 g/mol. The van der Waals surface area contributed by atoms with E-state index in [0.29, 0.717) is 25.5 Å². The van der Waals surface area contributed by atoms with Gasteiger partial charge in [-0.25, -0.2) is 0 Å². The molecule has 0 bridgehead atoms. The van der Waals surface area contributed by atoms with Crippen molar-refractivity contribution in [3.8, 4) is 5.75 Å². The van der Waals surface area contributed by atoms with Crippen molar-refractivity contribution in [2.24, 2.45) is 0 Å². The molecule has 1 aromatic rings. The van der Waals surface area contributed by atoms with E-state index in [-0.39, 0.29) is 5.91 Å². The van der Waals surface area contributed by atoms with Gasteiger partial charge in [-0.3, -0.25) is 4.79 Å². The Hall–Kier alpha value is -1.22. The average Bonchev–Trinajstić information content (AvgIpc) is 2.37. The third-order valence-electron chi connectivity index (χ3n) is 2.48. The van der Waals surface area contributed by atoms with Gasteiger partial charge in [-0.1, -0.05) is 25.5 Å². The second-order valence-corrected chi connectivity index (χ2v) is 4.41. The number of rotatable bonds is 8. The molecule has 1 aromatic carbocycles. The lowest BCUT2D eigenvalue weighted by atomic mass is 10.1. The number of aryl methyl sites for hydroxylation is 1. The maximum atomic E-state index is 11.1. The number of nitrogens with one attached hydrogen (secondary N) is 1. The van der Waals surface area contributed by atoms with Crippen LogP contribution in [0.4, 0.5) is 0 Å². The molecule has 0 aromatic heterocycles. The molecule has 0 spiro atoms. The Kier molecular flexibility index (Phi) is 7.26. The second kappa shape index (κ2) is 8.81. The molecule has 1 rings (SSSR count). The van der Waals surface area contributed by atoms with Crippen LogP contribution in [0.3, 0.4) is 0 Å². The Labute approximate surface area is 113 Å². The van der Waals surface area contributed by atoms with Gasteiger partial charge in [-0.15, -0.1) is 11.6 Å². The molecule has 3 nitrogen and oxygen atoms in total. The highest BCUT2D eigenvalue weighted by Crippen LogP contribution is 2.12. The van der Waals surface area contributed by atoms with Crippen molar-refractivity contribution in [2.75, 3.05) is 19.0 Å². The third kappa shape index (κ3) is 5.92. The molecule has 0 aliphatic rings. The van der Waals surface area contributed by atoms with E-state index < -0.39 is 0 Å². The summed E-state index contributed by atoms with van der Waals surface area (Å²) in [6.07, 6.45) is 2.59. The number of hydrogen-bond acceptors (Lipinski definition) is 2. The number of amides is 1. The third-order valence-corrected chi connectivity index (χ3v) is 2.67. The summed E-state index contributed by atoms with van der Waals surface area (Å²) < 4.78 is 5.52. The van der Waals surface area contributed by atoms with E-state index in [4.69, 9.17) is 16.3 Å². The van der Waals surface area contributed by atoms with E-state index in [1.54, 1.807) is 0 Å². The molecule has 18 heavy (non-hydrogen) atoms. The first-order valence-electron chi connectivity index (χ1n) is 6.30. The molecule has 1 amide bonds. The lowest BCUT2D eigenvalue weighted by Crippen LogP contribution is -2.28. The van der Waals surface area contributed by atoms with Gasteiger partial charge in [-0.2, -0.15) is 0 Å². The molecule has 0 saturated carbocycles. The number of benzene rings is 1. The summed E-state index contributed by atoms with van der Waals surface area (Å²) in [5.74, 6) is 1.15. The van der Waals surface area contributed by atoms with Gasteiger partial charge in [0.25, 0.3) is 0 Å². The van der Waals surface area contributed by atoms with Crippen molar-refractivity contribution in [1.82, 2.24) is 5.32 Å². The molecular formula is C14H20ClNO2. The predicted octanol–water partition coefficient (Wildman–Crippen LogP) is 2.76. The van der Waals surface area contributed by atoms with Crippen LogP contribution in [0.2, 0.25) is 0 Å². The molecule has 0 aliphatic carbocycles. The Morgan fingerprint density at radius 2 is 2.06 bits per heavy atom. The average molecular weight is 270 g/mol. The van der Waals surface area contributed by atoms with E-state index in [9.17, 15) is 4.79 Å². The minimum absolute atomic E-state index is 0.0353. The van der Waals surface area contributed by atoms with Gasteiger partial charge in [0.1, 0.15) is 12.4 Å². The second-order valence-electron chi connectivity index (χ2n) is 4.03. The van der Waals surface area contributed by atoms with Crippen LogP contribution in [0.15, 0.2) is 24.3 Å². The fourth-order valence-electron chi connectivity index (χ4n) is 1.57.